The van der Waals surface area contributed by atoms with E-state index in [2.05, 4.69) is 6.07 Å². The number of benzene rings is 1. The Labute approximate surface area is 72.3 Å². The molecule has 0 atom stereocenters. The SMILES string of the molecule is CCc1cc[c]c(S(N)(=O)=O)c1. The minimum absolute atomic E-state index is 0.0573. The number of aryl methyl sites for hydroxylation is 1. The molecule has 0 heterocycles. The predicted molar refractivity (Wildman–Crippen MR) is 46.0 cm³/mol. The summed E-state index contributed by atoms with van der Waals surface area (Å²) in [5, 5.41) is 4.92. The molecule has 2 N–H and O–H groups in total. The minimum Gasteiger partial charge on any atom is -0.225 e. The van der Waals surface area contributed by atoms with Crippen LogP contribution in [0.2, 0.25) is 0 Å². The Morgan fingerprint density at radius 2 is 2.25 bits per heavy atom. The Morgan fingerprint density at radius 3 is 2.75 bits per heavy atom. The van der Waals surface area contributed by atoms with Crippen LogP contribution in [0.1, 0.15) is 12.5 Å². The number of hydrogen-bond acceptors (Lipinski definition) is 2. The van der Waals surface area contributed by atoms with Crippen LogP contribution in [0.4, 0.5) is 0 Å². The molecule has 0 saturated heterocycles. The van der Waals surface area contributed by atoms with E-state index in [9.17, 15) is 8.42 Å². The molecule has 0 aliphatic heterocycles. The third kappa shape index (κ3) is 2.06. The second-order valence-electron chi connectivity index (χ2n) is 2.46. The number of rotatable bonds is 2. The second-order valence-corrected chi connectivity index (χ2v) is 3.99. The van der Waals surface area contributed by atoms with Crippen molar-refractivity contribution in [1.82, 2.24) is 0 Å². The smallest absolute Gasteiger partial charge is 0.225 e. The van der Waals surface area contributed by atoms with Crippen molar-refractivity contribution < 1.29 is 8.42 Å². The van der Waals surface area contributed by atoms with Crippen LogP contribution in [0.5, 0.6) is 0 Å². The van der Waals surface area contributed by atoms with Gasteiger partial charge in [-0.2, -0.15) is 0 Å². The van der Waals surface area contributed by atoms with Gasteiger partial charge in [0, 0.05) is 6.07 Å². The number of hydrogen-bond donors (Lipinski definition) is 1. The van der Waals surface area contributed by atoms with Crippen LogP contribution < -0.4 is 5.14 Å². The normalized spacial score (nSPS) is 11.5. The topological polar surface area (TPSA) is 60.2 Å². The Balaban J connectivity index is 3.20. The summed E-state index contributed by atoms with van der Waals surface area (Å²) in [5.41, 5.74) is 0.942. The van der Waals surface area contributed by atoms with Gasteiger partial charge in [-0.1, -0.05) is 19.1 Å². The van der Waals surface area contributed by atoms with E-state index >= 15 is 0 Å². The standard InChI is InChI=1S/C8H10NO2S/c1-2-7-4-3-5-8(6-7)12(9,10)11/h3-4,6H,2H2,1H3,(H2,9,10,11). The fraction of sp³-hybridized carbons (Fsp3) is 0.250. The van der Waals surface area contributed by atoms with Gasteiger partial charge in [0.2, 0.25) is 10.0 Å². The van der Waals surface area contributed by atoms with E-state index in [1.807, 2.05) is 13.0 Å². The summed E-state index contributed by atoms with van der Waals surface area (Å²) in [6.07, 6.45) is 0.789. The number of primary sulfonamides is 1. The molecule has 12 heavy (non-hydrogen) atoms. The molecule has 65 valence electrons. The summed E-state index contributed by atoms with van der Waals surface area (Å²) in [4.78, 5) is 0.0573. The lowest BCUT2D eigenvalue weighted by Crippen LogP contribution is -2.12. The van der Waals surface area contributed by atoms with Crippen LogP contribution in [0.15, 0.2) is 23.1 Å². The molecule has 0 spiro atoms. The maximum atomic E-state index is 10.8. The summed E-state index contributed by atoms with van der Waals surface area (Å²) >= 11 is 0. The summed E-state index contributed by atoms with van der Waals surface area (Å²) in [6.45, 7) is 1.95. The average molecular weight is 184 g/mol. The molecular weight excluding hydrogens is 174 g/mol. The van der Waals surface area contributed by atoms with Crippen LogP contribution in [0, 0.1) is 6.07 Å². The molecule has 0 fully saturated rings. The van der Waals surface area contributed by atoms with Crippen LogP contribution in [0.25, 0.3) is 0 Å². The molecule has 0 saturated carbocycles. The van der Waals surface area contributed by atoms with E-state index in [-0.39, 0.29) is 4.90 Å². The maximum absolute atomic E-state index is 10.8. The highest BCUT2D eigenvalue weighted by molar-refractivity contribution is 7.89. The van der Waals surface area contributed by atoms with Gasteiger partial charge in [-0.05, 0) is 18.1 Å². The zero-order valence-electron chi connectivity index (χ0n) is 6.74. The molecule has 0 amide bonds. The first-order valence-corrected chi connectivity index (χ1v) is 5.12. The highest BCUT2D eigenvalue weighted by Crippen LogP contribution is 2.08. The lowest BCUT2D eigenvalue weighted by atomic mass is 10.2. The molecule has 0 bridgehead atoms. The summed E-state index contributed by atoms with van der Waals surface area (Å²) < 4.78 is 21.7. The first-order valence-electron chi connectivity index (χ1n) is 3.57. The van der Waals surface area contributed by atoms with Gasteiger partial charge in [-0.3, -0.25) is 0 Å². The quantitative estimate of drug-likeness (QED) is 0.735. The monoisotopic (exact) mass is 184 g/mol. The maximum Gasteiger partial charge on any atom is 0.238 e. The fourth-order valence-corrected chi connectivity index (χ4v) is 1.42. The van der Waals surface area contributed by atoms with Gasteiger partial charge < -0.3 is 0 Å². The van der Waals surface area contributed by atoms with E-state index in [4.69, 9.17) is 5.14 Å². The van der Waals surface area contributed by atoms with Crippen LogP contribution in [-0.4, -0.2) is 8.42 Å². The summed E-state index contributed by atoms with van der Waals surface area (Å²) in [6, 6.07) is 7.49. The first kappa shape index (κ1) is 9.22. The van der Waals surface area contributed by atoms with Crippen LogP contribution >= 0.6 is 0 Å². The van der Waals surface area contributed by atoms with Gasteiger partial charge in [-0.15, -0.1) is 0 Å². The third-order valence-corrected chi connectivity index (χ3v) is 2.40. The number of nitrogens with two attached hydrogens (primary N) is 1. The first-order chi connectivity index (χ1) is 5.54. The second kappa shape index (κ2) is 3.25. The third-order valence-electron chi connectivity index (χ3n) is 1.55. The molecular formula is C8H10NO2S. The van der Waals surface area contributed by atoms with Gasteiger partial charge in [0.1, 0.15) is 0 Å². The van der Waals surface area contributed by atoms with E-state index < -0.39 is 10.0 Å². The van der Waals surface area contributed by atoms with Crippen molar-refractivity contribution in [2.45, 2.75) is 18.2 Å². The number of sulfonamides is 1. The highest BCUT2D eigenvalue weighted by Gasteiger charge is 2.06. The molecule has 0 aliphatic carbocycles. The molecule has 4 heteroatoms. The van der Waals surface area contributed by atoms with E-state index in [0.717, 1.165) is 12.0 Å². The molecule has 1 rings (SSSR count). The van der Waals surface area contributed by atoms with Crippen molar-refractivity contribution in [2.24, 2.45) is 5.14 Å². The van der Waals surface area contributed by atoms with Crippen molar-refractivity contribution in [3.8, 4) is 0 Å². The van der Waals surface area contributed by atoms with Gasteiger partial charge in [0.05, 0.1) is 4.90 Å². The Kier molecular flexibility index (Phi) is 2.49. The van der Waals surface area contributed by atoms with E-state index in [1.165, 1.54) is 6.07 Å². The molecule has 3 nitrogen and oxygen atoms in total. The molecule has 1 aromatic carbocycles. The average Bonchev–Trinajstić information content (AvgIpc) is 2.03. The molecule has 1 radical (unpaired) electrons. The van der Waals surface area contributed by atoms with Crippen molar-refractivity contribution in [2.75, 3.05) is 0 Å². The van der Waals surface area contributed by atoms with Crippen molar-refractivity contribution in [1.29, 1.82) is 0 Å². The molecule has 1 aromatic rings. The van der Waals surface area contributed by atoms with Crippen molar-refractivity contribution in [3.05, 3.63) is 29.8 Å². The van der Waals surface area contributed by atoms with Crippen molar-refractivity contribution in [3.63, 3.8) is 0 Å². The van der Waals surface area contributed by atoms with Crippen molar-refractivity contribution >= 4 is 10.0 Å². The van der Waals surface area contributed by atoms with Crippen LogP contribution in [0.3, 0.4) is 0 Å². The van der Waals surface area contributed by atoms with Gasteiger partial charge >= 0.3 is 0 Å². The van der Waals surface area contributed by atoms with Crippen LogP contribution in [-0.2, 0) is 16.4 Å². The Bertz CT molecular complexity index is 370. The van der Waals surface area contributed by atoms with Gasteiger partial charge in [0.25, 0.3) is 0 Å². The minimum atomic E-state index is -3.59. The van der Waals surface area contributed by atoms with Gasteiger partial charge in [-0.25, -0.2) is 13.6 Å². The molecule has 0 aromatic heterocycles. The highest BCUT2D eigenvalue weighted by atomic mass is 32.2. The lowest BCUT2D eigenvalue weighted by molar-refractivity contribution is 0.597. The molecule has 0 aliphatic rings. The fourth-order valence-electron chi connectivity index (χ4n) is 0.873. The van der Waals surface area contributed by atoms with Gasteiger partial charge in [0.15, 0.2) is 0 Å². The zero-order valence-corrected chi connectivity index (χ0v) is 7.56. The summed E-state index contributed by atoms with van der Waals surface area (Å²) in [7, 11) is -3.59. The largest absolute Gasteiger partial charge is 0.238 e. The van der Waals surface area contributed by atoms with E-state index in [0.29, 0.717) is 0 Å². The van der Waals surface area contributed by atoms with E-state index in [1.54, 1.807) is 6.07 Å². The zero-order chi connectivity index (χ0) is 9.19. The Morgan fingerprint density at radius 1 is 1.58 bits per heavy atom. The predicted octanol–water partition coefficient (Wildman–Crippen LogP) is 0.697. The lowest BCUT2D eigenvalue weighted by Gasteiger charge is -1.99. The summed E-state index contributed by atoms with van der Waals surface area (Å²) in [5.74, 6) is 0. The Hall–Kier alpha value is -0.870. The molecule has 0 unspecified atom stereocenters.